The van der Waals surface area contributed by atoms with Crippen LogP contribution in [0.4, 0.5) is 21.5 Å². The number of hydrogen-bond donors (Lipinski definition) is 10. The largest absolute Gasteiger partial charge is 0.480 e. The van der Waals surface area contributed by atoms with Gasteiger partial charge in [0.15, 0.2) is 0 Å². The molecule has 0 saturated carbocycles. The minimum Gasteiger partial charge on any atom is -0.480 e. The number of hydrogen-bond acceptors (Lipinski definition) is 16. The maximum Gasteiger partial charge on any atom is 0.320 e. The van der Waals surface area contributed by atoms with Crippen molar-refractivity contribution in [2.75, 3.05) is 23.9 Å². The molecule has 2 heterocycles. The summed E-state index contributed by atoms with van der Waals surface area (Å²) in [5, 5.41) is 61.2. The molecule has 2 atom stereocenters. The van der Waals surface area contributed by atoms with Gasteiger partial charge in [0.2, 0.25) is 11.6 Å². The molecule has 286 valence electrons. The van der Waals surface area contributed by atoms with Crippen LogP contribution in [0.2, 0.25) is 0 Å². The van der Waals surface area contributed by atoms with Crippen LogP contribution >= 0.6 is 0 Å². The summed E-state index contributed by atoms with van der Waals surface area (Å²) in [4.78, 5) is 46.0. The van der Waals surface area contributed by atoms with Crippen LogP contribution in [-0.2, 0) is 22.7 Å². The molecule has 4 amide bonds. The number of rotatable bonds is 21. The molecular weight excluding hydrogens is 704 g/mol. The summed E-state index contributed by atoms with van der Waals surface area (Å²) >= 11 is 0. The fraction of sp³-hybridized carbons (Fsp3) is 0.375. The third-order valence-corrected chi connectivity index (χ3v) is 7.67. The monoisotopic (exact) mass is 746 g/mol. The standard InChI is InChI=1S/C32H42N16O6/c33-23(27(49)50)12-3-5-14-35-31(53)37-17-19-8-7-10-20(16-19)25-39-43-29(44-40-25)47-48-30-45-41-26(42-46-30)22-11-2-1-9-21(22)18-38-32(54)36-15-6-4-13-24(34)28(51)52/h1-2,7-11,16,23-24H,3-6,12-15,17-18,33-34H2,(H,49,50)(H,51,52)(H2,35,37,53)(H2,36,38,54)(H,43,44,47)(H,45,46,48). The number of carbonyl (C=O) groups is 4. The molecule has 0 spiro atoms. The number of benzene rings is 2. The summed E-state index contributed by atoms with van der Waals surface area (Å²) in [6.07, 6.45) is 3.01. The maximum absolute atomic E-state index is 12.3. The number of carboxylic acids is 2. The van der Waals surface area contributed by atoms with Gasteiger partial charge in [-0.2, -0.15) is 0 Å². The number of anilines is 2. The lowest BCUT2D eigenvalue weighted by molar-refractivity contribution is -0.139. The number of aliphatic carboxylic acids is 2. The number of hydrazine groups is 1. The van der Waals surface area contributed by atoms with Gasteiger partial charge in [0.05, 0.1) is 0 Å². The van der Waals surface area contributed by atoms with Crippen LogP contribution in [0.1, 0.15) is 49.7 Å². The van der Waals surface area contributed by atoms with Crippen molar-refractivity contribution in [3.05, 3.63) is 59.7 Å². The molecule has 2 aromatic heterocycles. The lowest BCUT2D eigenvalue weighted by Gasteiger charge is -2.11. The zero-order valence-corrected chi connectivity index (χ0v) is 29.1. The van der Waals surface area contributed by atoms with Crippen molar-refractivity contribution in [2.24, 2.45) is 11.5 Å². The Morgan fingerprint density at radius 3 is 1.67 bits per heavy atom. The highest BCUT2D eigenvalue weighted by atomic mass is 16.4. The summed E-state index contributed by atoms with van der Waals surface area (Å²) < 4.78 is 0. The Bertz CT molecular complexity index is 1830. The van der Waals surface area contributed by atoms with Gasteiger partial charge in [0, 0.05) is 37.3 Å². The first-order valence-electron chi connectivity index (χ1n) is 16.9. The molecule has 22 nitrogen and oxygen atoms in total. The summed E-state index contributed by atoms with van der Waals surface area (Å²) in [5.41, 5.74) is 19.1. The molecule has 0 saturated heterocycles. The molecule has 0 aliphatic rings. The molecule has 0 fully saturated rings. The average molecular weight is 747 g/mol. The summed E-state index contributed by atoms with van der Waals surface area (Å²) in [6, 6.07) is 11.8. The first kappa shape index (κ1) is 40.1. The van der Waals surface area contributed by atoms with Crippen molar-refractivity contribution >= 4 is 35.9 Å². The van der Waals surface area contributed by atoms with Gasteiger partial charge in [-0.05, 0) is 55.7 Å². The van der Waals surface area contributed by atoms with Crippen LogP contribution in [0.3, 0.4) is 0 Å². The van der Waals surface area contributed by atoms with Crippen molar-refractivity contribution in [2.45, 2.75) is 63.7 Å². The quantitative estimate of drug-likeness (QED) is 0.0407. The lowest BCUT2D eigenvalue weighted by atomic mass is 10.1. The Morgan fingerprint density at radius 1 is 0.593 bits per heavy atom. The number of amides is 4. The summed E-state index contributed by atoms with van der Waals surface area (Å²) in [5.74, 6) is -1.58. The number of carbonyl (C=O) groups excluding carboxylic acids is 2. The average Bonchev–Trinajstić information content (AvgIpc) is 3.18. The third-order valence-electron chi connectivity index (χ3n) is 7.67. The molecule has 0 aliphatic heterocycles. The predicted octanol–water partition coefficient (Wildman–Crippen LogP) is 0.382. The van der Waals surface area contributed by atoms with Crippen LogP contribution in [-0.4, -0.2) is 100 Å². The van der Waals surface area contributed by atoms with Gasteiger partial charge in [0.25, 0.3) is 11.9 Å². The van der Waals surface area contributed by atoms with Gasteiger partial charge in [-0.3, -0.25) is 20.4 Å². The van der Waals surface area contributed by atoms with Gasteiger partial charge in [-0.25, -0.2) is 9.59 Å². The van der Waals surface area contributed by atoms with E-state index >= 15 is 0 Å². The molecule has 4 rings (SSSR count). The number of nitrogens with two attached hydrogens (primary N) is 2. The lowest BCUT2D eigenvalue weighted by Crippen LogP contribution is -2.36. The highest BCUT2D eigenvalue weighted by Gasteiger charge is 2.14. The van der Waals surface area contributed by atoms with E-state index < -0.39 is 24.0 Å². The number of carboxylic acid groups (broad SMARTS) is 2. The number of nitrogens with zero attached hydrogens (tertiary/aromatic N) is 8. The van der Waals surface area contributed by atoms with E-state index in [2.05, 4.69) is 72.9 Å². The van der Waals surface area contributed by atoms with Crippen LogP contribution in [0, 0.1) is 0 Å². The van der Waals surface area contributed by atoms with Crippen molar-refractivity contribution in [1.29, 1.82) is 0 Å². The van der Waals surface area contributed by atoms with E-state index in [1.807, 2.05) is 18.2 Å². The molecule has 2 unspecified atom stereocenters. The van der Waals surface area contributed by atoms with Gasteiger partial charge in [0.1, 0.15) is 12.1 Å². The van der Waals surface area contributed by atoms with Crippen molar-refractivity contribution in [3.63, 3.8) is 0 Å². The predicted molar refractivity (Wildman–Crippen MR) is 193 cm³/mol. The molecule has 0 aliphatic carbocycles. The fourth-order valence-electron chi connectivity index (χ4n) is 4.72. The van der Waals surface area contributed by atoms with Gasteiger partial charge in [-0.15, -0.1) is 40.8 Å². The Kier molecular flexibility index (Phi) is 15.6. The summed E-state index contributed by atoms with van der Waals surface area (Å²) in [7, 11) is 0. The molecule has 0 radical (unpaired) electrons. The first-order chi connectivity index (χ1) is 26.1. The Hall–Kier alpha value is -6.68. The third kappa shape index (κ3) is 13.5. The molecular formula is C32H42N16O6. The van der Waals surface area contributed by atoms with E-state index in [4.69, 9.17) is 21.7 Å². The zero-order chi connectivity index (χ0) is 38.7. The van der Waals surface area contributed by atoms with Crippen molar-refractivity contribution in [1.82, 2.24) is 62.1 Å². The SMILES string of the molecule is NC(CCCCNC(=O)NCc1cccc(-c2nnc(NNc3nnc(-c4ccccc4CNC(=O)NCCCCC(N)C(=O)O)nn3)nn2)c1)C(=O)O. The van der Waals surface area contributed by atoms with E-state index in [9.17, 15) is 19.2 Å². The van der Waals surface area contributed by atoms with Crippen LogP contribution < -0.4 is 43.6 Å². The highest BCUT2D eigenvalue weighted by Crippen LogP contribution is 2.19. The second kappa shape index (κ2) is 21.0. The highest BCUT2D eigenvalue weighted by molar-refractivity contribution is 5.75. The zero-order valence-electron chi connectivity index (χ0n) is 29.1. The van der Waals surface area contributed by atoms with Gasteiger partial charge < -0.3 is 42.9 Å². The van der Waals surface area contributed by atoms with Crippen LogP contribution in [0.25, 0.3) is 22.8 Å². The van der Waals surface area contributed by atoms with E-state index in [1.165, 1.54) is 0 Å². The normalized spacial score (nSPS) is 11.8. The van der Waals surface area contributed by atoms with Gasteiger partial charge in [-0.1, -0.05) is 42.5 Å². The van der Waals surface area contributed by atoms with E-state index in [0.717, 1.165) is 11.1 Å². The van der Waals surface area contributed by atoms with Gasteiger partial charge >= 0.3 is 24.0 Å². The summed E-state index contributed by atoms with van der Waals surface area (Å²) in [6.45, 7) is 1.18. The second-order valence-electron chi connectivity index (χ2n) is 11.8. The maximum atomic E-state index is 12.3. The van der Waals surface area contributed by atoms with Crippen molar-refractivity contribution < 1.29 is 29.4 Å². The number of urea groups is 2. The van der Waals surface area contributed by atoms with E-state index in [0.29, 0.717) is 62.7 Å². The Balaban J connectivity index is 1.20. The minimum absolute atomic E-state index is 0.0114. The molecule has 54 heavy (non-hydrogen) atoms. The molecule has 22 heteroatoms. The Labute approximate surface area is 308 Å². The second-order valence-corrected chi connectivity index (χ2v) is 11.8. The first-order valence-corrected chi connectivity index (χ1v) is 16.9. The minimum atomic E-state index is -1.05. The Morgan fingerprint density at radius 2 is 1.11 bits per heavy atom. The molecule has 0 bridgehead atoms. The van der Waals surface area contributed by atoms with Crippen molar-refractivity contribution in [3.8, 4) is 22.8 Å². The van der Waals surface area contributed by atoms with Crippen LogP contribution in [0.5, 0.6) is 0 Å². The number of unbranched alkanes of at least 4 members (excludes halogenated alkanes) is 2. The van der Waals surface area contributed by atoms with Crippen LogP contribution in [0.15, 0.2) is 48.5 Å². The smallest absolute Gasteiger partial charge is 0.320 e. The molecule has 2 aromatic carbocycles. The van der Waals surface area contributed by atoms with E-state index in [-0.39, 0.29) is 48.7 Å². The molecule has 12 N–H and O–H groups in total. The van der Waals surface area contributed by atoms with E-state index in [1.54, 1.807) is 30.3 Å². The number of nitrogens with one attached hydrogen (secondary N) is 6. The fourth-order valence-corrected chi connectivity index (χ4v) is 4.72. The number of aromatic nitrogens is 8. The topological polar surface area (TPSA) is 336 Å². The molecule has 4 aromatic rings.